The van der Waals surface area contributed by atoms with Gasteiger partial charge in [0.15, 0.2) is 0 Å². The maximum absolute atomic E-state index is 13.3. The van der Waals surface area contributed by atoms with Crippen LogP contribution < -0.4 is 10.1 Å². The van der Waals surface area contributed by atoms with Crippen LogP contribution in [0.2, 0.25) is 0 Å². The van der Waals surface area contributed by atoms with Crippen LogP contribution in [-0.4, -0.2) is 54.1 Å². The molecule has 0 spiro atoms. The van der Waals surface area contributed by atoms with E-state index >= 15 is 0 Å². The minimum Gasteiger partial charge on any atom is -0.497 e. The Bertz CT molecular complexity index is 1180. The molecule has 8 nitrogen and oxygen atoms in total. The topological polar surface area (TPSA) is 96.0 Å². The number of likely N-dealkylation sites (N-methyl/N-ethyl adjacent to an activating group) is 1. The van der Waals surface area contributed by atoms with Crippen molar-refractivity contribution in [3.8, 4) is 5.75 Å². The molecule has 1 N–H and O–H groups in total. The number of ether oxygens (including phenoxy) is 1. The third-order valence-electron chi connectivity index (χ3n) is 5.61. The summed E-state index contributed by atoms with van der Waals surface area (Å²) in [6.07, 6.45) is 2.14. The van der Waals surface area contributed by atoms with Gasteiger partial charge in [-0.3, -0.25) is 29.4 Å². The third kappa shape index (κ3) is 4.41. The van der Waals surface area contributed by atoms with Crippen LogP contribution in [0, 0.1) is 0 Å². The summed E-state index contributed by atoms with van der Waals surface area (Å²) in [6, 6.07) is 15.2. The van der Waals surface area contributed by atoms with Crippen molar-refractivity contribution in [1.29, 1.82) is 0 Å². The molecule has 0 saturated carbocycles. The summed E-state index contributed by atoms with van der Waals surface area (Å²) in [4.78, 5) is 51.9. The molecule has 0 aromatic heterocycles. The van der Waals surface area contributed by atoms with Gasteiger partial charge in [-0.15, -0.1) is 0 Å². The molecule has 168 valence electrons. The molecule has 0 bridgehead atoms. The predicted molar refractivity (Wildman–Crippen MR) is 121 cm³/mol. The van der Waals surface area contributed by atoms with Gasteiger partial charge in [-0.2, -0.15) is 0 Å². The van der Waals surface area contributed by atoms with E-state index in [-0.39, 0.29) is 13.0 Å². The van der Waals surface area contributed by atoms with Crippen molar-refractivity contribution in [1.82, 2.24) is 15.1 Å². The number of amides is 4. The first-order chi connectivity index (χ1) is 15.9. The summed E-state index contributed by atoms with van der Waals surface area (Å²) in [5.74, 6) is -1.39. The van der Waals surface area contributed by atoms with Crippen LogP contribution in [0.3, 0.4) is 0 Å². The molecular formula is C25H23N3O5. The lowest BCUT2D eigenvalue weighted by molar-refractivity contribution is -0.137. The van der Waals surface area contributed by atoms with Crippen molar-refractivity contribution in [2.75, 3.05) is 20.7 Å². The van der Waals surface area contributed by atoms with Gasteiger partial charge in [0.05, 0.1) is 7.11 Å². The smallest absolute Gasteiger partial charge is 0.274 e. The van der Waals surface area contributed by atoms with Gasteiger partial charge in [-0.25, -0.2) is 0 Å². The van der Waals surface area contributed by atoms with Crippen molar-refractivity contribution >= 4 is 29.2 Å². The maximum Gasteiger partial charge on any atom is 0.274 e. The monoisotopic (exact) mass is 445 g/mol. The number of rotatable bonds is 6. The van der Waals surface area contributed by atoms with E-state index in [4.69, 9.17) is 4.74 Å². The number of nitrogens with zero attached hydrogens (tertiary/aromatic N) is 2. The number of nitrogens with one attached hydrogen (secondary N) is 1. The Kier molecular flexibility index (Phi) is 6.08. The van der Waals surface area contributed by atoms with E-state index in [1.807, 2.05) is 48.5 Å². The number of benzene rings is 2. The van der Waals surface area contributed by atoms with Crippen molar-refractivity contribution in [3.05, 3.63) is 83.1 Å². The highest BCUT2D eigenvalue weighted by Gasteiger charge is 2.30. The zero-order chi connectivity index (χ0) is 23.5. The summed E-state index contributed by atoms with van der Waals surface area (Å²) in [5.41, 5.74) is 3.76. The van der Waals surface area contributed by atoms with Gasteiger partial charge in [0.1, 0.15) is 11.4 Å². The van der Waals surface area contributed by atoms with Gasteiger partial charge >= 0.3 is 0 Å². The predicted octanol–water partition coefficient (Wildman–Crippen LogP) is 1.86. The van der Waals surface area contributed by atoms with Gasteiger partial charge in [-0.05, 0) is 28.8 Å². The minimum absolute atomic E-state index is 0.0930. The molecule has 2 aliphatic heterocycles. The summed E-state index contributed by atoms with van der Waals surface area (Å²) < 4.78 is 5.39. The lowest BCUT2D eigenvalue weighted by atomic mass is 9.88. The molecule has 2 aromatic rings. The van der Waals surface area contributed by atoms with Gasteiger partial charge in [0, 0.05) is 44.3 Å². The van der Waals surface area contributed by atoms with E-state index in [1.165, 1.54) is 0 Å². The fourth-order valence-corrected chi connectivity index (χ4v) is 4.00. The molecule has 0 atom stereocenters. The average molecular weight is 445 g/mol. The Hall–Kier alpha value is -4.20. The van der Waals surface area contributed by atoms with Crippen LogP contribution in [0.15, 0.2) is 66.4 Å². The number of imide groups is 2. The number of carbonyl (C=O) groups excluding carboxylic acids is 4. The number of carbonyl (C=O) groups is 4. The van der Waals surface area contributed by atoms with Crippen LogP contribution in [0.4, 0.5) is 0 Å². The Balaban J connectivity index is 1.64. The van der Waals surface area contributed by atoms with Crippen LogP contribution in [-0.2, 0) is 25.7 Å². The number of fused-ring (bicyclic) bond motifs is 1. The third-order valence-corrected chi connectivity index (χ3v) is 5.61. The first kappa shape index (κ1) is 22.0. The van der Waals surface area contributed by atoms with E-state index in [2.05, 4.69) is 5.32 Å². The minimum atomic E-state index is -0.572. The fraction of sp³-hybridized carbons (Fsp3) is 0.200. The van der Waals surface area contributed by atoms with Gasteiger partial charge < -0.3 is 9.64 Å². The zero-order valence-corrected chi connectivity index (χ0v) is 18.3. The summed E-state index contributed by atoms with van der Waals surface area (Å²) >= 11 is 0. The normalized spacial score (nSPS) is 15.1. The van der Waals surface area contributed by atoms with E-state index in [1.54, 1.807) is 19.1 Å². The molecule has 0 saturated heterocycles. The molecule has 2 heterocycles. The summed E-state index contributed by atoms with van der Waals surface area (Å²) in [5, 5.41) is 2.41. The highest BCUT2D eigenvalue weighted by molar-refractivity contribution is 6.13. The van der Waals surface area contributed by atoms with Gasteiger partial charge in [0.25, 0.3) is 17.7 Å². The largest absolute Gasteiger partial charge is 0.497 e. The molecule has 0 radical (unpaired) electrons. The molecule has 2 aromatic carbocycles. The van der Waals surface area contributed by atoms with Crippen molar-refractivity contribution in [2.24, 2.45) is 0 Å². The van der Waals surface area contributed by atoms with E-state index in [0.29, 0.717) is 23.6 Å². The van der Waals surface area contributed by atoms with E-state index in [9.17, 15) is 19.2 Å². The lowest BCUT2D eigenvalue weighted by Gasteiger charge is -2.32. The van der Waals surface area contributed by atoms with Crippen molar-refractivity contribution in [3.63, 3.8) is 0 Å². The second kappa shape index (κ2) is 9.12. The highest BCUT2D eigenvalue weighted by atomic mass is 16.5. The molecule has 4 amide bonds. The molecule has 33 heavy (non-hydrogen) atoms. The summed E-state index contributed by atoms with van der Waals surface area (Å²) in [7, 11) is 3.38. The van der Waals surface area contributed by atoms with Gasteiger partial charge in [0.2, 0.25) is 5.91 Å². The molecule has 4 rings (SSSR count). The number of methoxy groups -OCH3 is 1. The first-order valence-electron chi connectivity index (χ1n) is 10.4. The zero-order valence-electron chi connectivity index (χ0n) is 18.3. The molecule has 0 fully saturated rings. The van der Waals surface area contributed by atoms with Crippen LogP contribution in [0.25, 0.3) is 5.57 Å². The maximum atomic E-state index is 13.3. The Morgan fingerprint density at radius 3 is 2.39 bits per heavy atom. The number of hydrogen-bond acceptors (Lipinski definition) is 6. The average Bonchev–Trinajstić information content (AvgIpc) is 3.13. The molecule has 0 unspecified atom stereocenters. The second-order valence-electron chi connectivity index (χ2n) is 7.76. The highest BCUT2D eigenvalue weighted by Crippen LogP contribution is 2.37. The molecular weight excluding hydrogens is 422 g/mol. The van der Waals surface area contributed by atoms with Crippen molar-refractivity contribution in [2.45, 2.75) is 13.0 Å². The fourth-order valence-electron chi connectivity index (χ4n) is 4.00. The van der Waals surface area contributed by atoms with E-state index in [0.717, 1.165) is 33.7 Å². The van der Waals surface area contributed by atoms with Crippen LogP contribution in [0.5, 0.6) is 5.75 Å². The molecule has 0 aliphatic carbocycles. The van der Waals surface area contributed by atoms with Crippen LogP contribution >= 0.6 is 0 Å². The first-order valence-corrected chi connectivity index (χ1v) is 10.4. The molecule has 8 heteroatoms. The Labute approximate surface area is 191 Å². The SMILES string of the molecule is COc1ccc2c(c1)C(c1ccccc1)=C(C(=O)NC(=O)CCN1C(=O)C=CC1=O)N(C)C2. The Morgan fingerprint density at radius 1 is 1.03 bits per heavy atom. The van der Waals surface area contributed by atoms with Crippen molar-refractivity contribution < 1.29 is 23.9 Å². The number of hydrogen-bond donors (Lipinski definition) is 1. The molecule has 2 aliphatic rings. The summed E-state index contributed by atoms with van der Waals surface area (Å²) in [6.45, 7) is 0.388. The Morgan fingerprint density at radius 2 is 1.73 bits per heavy atom. The quantitative estimate of drug-likeness (QED) is 0.682. The van der Waals surface area contributed by atoms with Gasteiger partial charge in [-0.1, -0.05) is 36.4 Å². The standard InChI is InChI=1S/C25H23N3O5/c1-27-15-17-8-9-18(33-2)14-19(17)23(16-6-4-3-5-7-16)24(27)25(32)26-20(29)12-13-28-21(30)10-11-22(28)31/h3-11,14H,12-13,15H2,1-2H3,(H,26,29,32). The van der Waals surface area contributed by atoms with E-state index < -0.39 is 23.6 Å². The second-order valence-corrected chi connectivity index (χ2v) is 7.76. The van der Waals surface area contributed by atoms with Crippen LogP contribution in [0.1, 0.15) is 23.1 Å². The lowest BCUT2D eigenvalue weighted by Crippen LogP contribution is -2.41.